The molecule has 18 heavy (non-hydrogen) atoms. The molecule has 1 N–H and O–H groups in total. The molecule has 1 unspecified atom stereocenters. The number of rotatable bonds is 5. The number of hydrogen-bond acceptors (Lipinski definition) is 3. The molecular weight excluding hydrogens is 228 g/mol. The molecule has 2 rings (SSSR count). The van der Waals surface area contributed by atoms with Gasteiger partial charge in [0.15, 0.2) is 0 Å². The lowest BCUT2D eigenvalue weighted by Crippen LogP contribution is -2.33. The van der Waals surface area contributed by atoms with E-state index in [4.69, 9.17) is 4.74 Å². The Labute approximate surface area is 107 Å². The molecule has 0 amide bonds. The second kappa shape index (κ2) is 5.33. The first-order valence-electron chi connectivity index (χ1n) is 5.88. The molecule has 1 aromatic heterocycles. The van der Waals surface area contributed by atoms with Gasteiger partial charge in [-0.15, -0.1) is 0 Å². The number of aromatic nitrogens is 2. The lowest BCUT2D eigenvalue weighted by atomic mass is 9.89. The van der Waals surface area contributed by atoms with Crippen molar-refractivity contribution in [1.29, 1.82) is 0 Å². The monoisotopic (exact) mass is 246 g/mol. The quantitative estimate of drug-likeness (QED) is 0.869. The average Bonchev–Trinajstić information content (AvgIpc) is 2.76. The summed E-state index contributed by atoms with van der Waals surface area (Å²) in [4.78, 5) is 0. The van der Waals surface area contributed by atoms with E-state index in [1.165, 1.54) is 0 Å². The number of nitrogens with zero attached hydrogens (tertiary/aromatic N) is 2. The molecule has 0 bridgehead atoms. The van der Waals surface area contributed by atoms with Crippen molar-refractivity contribution in [3.63, 3.8) is 0 Å². The third kappa shape index (κ3) is 2.78. The first-order chi connectivity index (χ1) is 8.64. The average molecular weight is 246 g/mol. The molecular formula is C14H18N2O2. The molecule has 4 nitrogen and oxygen atoms in total. The molecule has 0 spiro atoms. The maximum absolute atomic E-state index is 10.8. The Bertz CT molecular complexity index is 496. The Morgan fingerprint density at radius 3 is 2.61 bits per heavy atom. The third-order valence-electron chi connectivity index (χ3n) is 2.95. The highest BCUT2D eigenvalue weighted by Gasteiger charge is 2.30. The van der Waals surface area contributed by atoms with E-state index in [0.717, 1.165) is 11.1 Å². The highest BCUT2D eigenvalue weighted by Crippen LogP contribution is 2.25. The molecule has 96 valence electrons. The van der Waals surface area contributed by atoms with Crippen LogP contribution in [0.25, 0.3) is 0 Å². The molecule has 0 saturated heterocycles. The van der Waals surface area contributed by atoms with E-state index < -0.39 is 5.60 Å². The lowest BCUT2D eigenvalue weighted by molar-refractivity contribution is -0.0355. The van der Waals surface area contributed by atoms with Gasteiger partial charge in [-0.05, 0) is 11.1 Å². The predicted molar refractivity (Wildman–Crippen MR) is 69.1 cm³/mol. The zero-order valence-corrected chi connectivity index (χ0v) is 10.7. The van der Waals surface area contributed by atoms with E-state index in [1.807, 2.05) is 43.6 Å². The normalized spacial score (nSPS) is 14.4. The van der Waals surface area contributed by atoms with Crippen LogP contribution in [0.2, 0.25) is 0 Å². The minimum atomic E-state index is -1.01. The molecule has 2 aromatic rings. The summed E-state index contributed by atoms with van der Waals surface area (Å²) in [5.41, 5.74) is 0.829. The number of aryl methyl sites for hydroxylation is 1. The van der Waals surface area contributed by atoms with Crippen LogP contribution in [0.5, 0.6) is 0 Å². The summed E-state index contributed by atoms with van der Waals surface area (Å²) in [6.07, 6.45) is 4.16. The van der Waals surface area contributed by atoms with Crippen LogP contribution in [-0.2, 0) is 23.8 Å². The smallest absolute Gasteiger partial charge is 0.117 e. The molecule has 0 saturated carbocycles. The molecule has 1 atom stereocenters. The Kier molecular flexibility index (Phi) is 3.79. The fraction of sp³-hybridized carbons (Fsp3) is 0.357. The Hall–Kier alpha value is -1.65. The van der Waals surface area contributed by atoms with Gasteiger partial charge in [0, 0.05) is 26.8 Å². The van der Waals surface area contributed by atoms with Crippen molar-refractivity contribution in [2.75, 3.05) is 13.7 Å². The fourth-order valence-corrected chi connectivity index (χ4v) is 2.12. The van der Waals surface area contributed by atoms with Crippen molar-refractivity contribution in [2.24, 2.45) is 7.05 Å². The van der Waals surface area contributed by atoms with Crippen LogP contribution < -0.4 is 0 Å². The summed E-state index contributed by atoms with van der Waals surface area (Å²) >= 11 is 0. The van der Waals surface area contributed by atoms with Crippen LogP contribution in [-0.4, -0.2) is 28.6 Å². The van der Waals surface area contributed by atoms with Gasteiger partial charge in [0.2, 0.25) is 0 Å². The summed E-state index contributed by atoms with van der Waals surface area (Å²) in [5.74, 6) is 0. The minimum absolute atomic E-state index is 0.256. The largest absolute Gasteiger partial charge is 0.382 e. The van der Waals surface area contributed by atoms with Crippen LogP contribution in [0.3, 0.4) is 0 Å². The van der Waals surface area contributed by atoms with Gasteiger partial charge in [0.05, 0.1) is 12.8 Å². The summed E-state index contributed by atoms with van der Waals surface area (Å²) in [5, 5.41) is 14.9. The van der Waals surface area contributed by atoms with E-state index >= 15 is 0 Å². The maximum atomic E-state index is 10.8. The maximum Gasteiger partial charge on any atom is 0.117 e. The summed E-state index contributed by atoms with van der Waals surface area (Å²) in [6.45, 7) is 0.256. The molecule has 1 heterocycles. The number of hydrogen-bond donors (Lipinski definition) is 1. The van der Waals surface area contributed by atoms with Crippen LogP contribution in [0.1, 0.15) is 11.1 Å². The van der Waals surface area contributed by atoms with Gasteiger partial charge >= 0.3 is 0 Å². The molecule has 0 radical (unpaired) electrons. The van der Waals surface area contributed by atoms with Gasteiger partial charge < -0.3 is 9.84 Å². The van der Waals surface area contributed by atoms with Gasteiger partial charge in [-0.2, -0.15) is 5.10 Å². The number of benzene rings is 1. The molecule has 1 aromatic carbocycles. The van der Waals surface area contributed by atoms with Crippen molar-refractivity contribution in [1.82, 2.24) is 9.78 Å². The zero-order valence-electron chi connectivity index (χ0n) is 10.7. The summed E-state index contributed by atoms with van der Waals surface area (Å²) in [6, 6.07) is 9.59. The molecule has 0 aliphatic heterocycles. The van der Waals surface area contributed by atoms with Crippen LogP contribution in [0, 0.1) is 0 Å². The van der Waals surface area contributed by atoms with Crippen molar-refractivity contribution in [3.05, 3.63) is 53.9 Å². The van der Waals surface area contributed by atoms with Gasteiger partial charge in [-0.1, -0.05) is 30.3 Å². The van der Waals surface area contributed by atoms with Gasteiger partial charge in [-0.3, -0.25) is 4.68 Å². The lowest BCUT2D eigenvalue weighted by Gasteiger charge is -2.27. The van der Waals surface area contributed by atoms with Gasteiger partial charge in [0.25, 0.3) is 0 Å². The summed E-state index contributed by atoms with van der Waals surface area (Å²) in [7, 11) is 3.46. The molecule has 0 fully saturated rings. The van der Waals surface area contributed by atoms with Crippen molar-refractivity contribution >= 4 is 0 Å². The molecule has 4 heteroatoms. The molecule has 0 aliphatic rings. The Morgan fingerprint density at radius 1 is 1.33 bits per heavy atom. The second-order valence-electron chi connectivity index (χ2n) is 4.53. The minimum Gasteiger partial charge on any atom is -0.382 e. The highest BCUT2D eigenvalue weighted by molar-refractivity contribution is 5.25. The Morgan fingerprint density at radius 2 is 2.06 bits per heavy atom. The van der Waals surface area contributed by atoms with E-state index in [9.17, 15) is 5.11 Å². The number of aliphatic hydroxyl groups is 1. The third-order valence-corrected chi connectivity index (χ3v) is 2.95. The summed E-state index contributed by atoms with van der Waals surface area (Å²) < 4.78 is 6.89. The van der Waals surface area contributed by atoms with Gasteiger partial charge in [-0.25, -0.2) is 0 Å². The van der Waals surface area contributed by atoms with E-state index in [-0.39, 0.29) is 6.61 Å². The predicted octanol–water partition coefficient (Wildman–Crippen LogP) is 1.50. The SMILES string of the molecule is COCC(O)(Cc1cnn(C)c1)c1ccccc1. The molecule has 0 aliphatic carbocycles. The fourth-order valence-electron chi connectivity index (χ4n) is 2.12. The van der Waals surface area contributed by atoms with Crippen molar-refractivity contribution in [2.45, 2.75) is 12.0 Å². The first kappa shape index (κ1) is 12.8. The number of methoxy groups -OCH3 is 1. The van der Waals surface area contributed by atoms with E-state index in [0.29, 0.717) is 6.42 Å². The van der Waals surface area contributed by atoms with Crippen molar-refractivity contribution < 1.29 is 9.84 Å². The zero-order chi connectivity index (χ0) is 13.0. The van der Waals surface area contributed by atoms with Crippen molar-refractivity contribution in [3.8, 4) is 0 Å². The number of ether oxygens (including phenoxy) is 1. The van der Waals surface area contributed by atoms with Crippen LogP contribution in [0.15, 0.2) is 42.7 Å². The van der Waals surface area contributed by atoms with Gasteiger partial charge in [0.1, 0.15) is 5.60 Å². The first-order valence-corrected chi connectivity index (χ1v) is 5.88. The van der Waals surface area contributed by atoms with Crippen LogP contribution in [0.4, 0.5) is 0 Å². The standard InChI is InChI=1S/C14H18N2O2/c1-16-10-12(9-15-16)8-14(17,11-18-2)13-6-4-3-5-7-13/h3-7,9-10,17H,8,11H2,1-2H3. The Balaban J connectivity index is 2.26. The topological polar surface area (TPSA) is 47.3 Å². The van der Waals surface area contributed by atoms with E-state index in [1.54, 1.807) is 18.0 Å². The van der Waals surface area contributed by atoms with E-state index in [2.05, 4.69) is 5.10 Å². The highest BCUT2D eigenvalue weighted by atomic mass is 16.5. The van der Waals surface area contributed by atoms with Crippen LogP contribution >= 0.6 is 0 Å². The second-order valence-corrected chi connectivity index (χ2v) is 4.53.